The lowest BCUT2D eigenvalue weighted by molar-refractivity contribution is 0.0774. The van der Waals surface area contributed by atoms with E-state index in [1.54, 1.807) is 11.9 Å². The van der Waals surface area contributed by atoms with Gasteiger partial charge < -0.3 is 16.0 Å². The maximum Gasteiger partial charge on any atom is 0.268 e. The summed E-state index contributed by atoms with van der Waals surface area (Å²) in [5, 5.41) is 3.57. The second-order valence-corrected chi connectivity index (χ2v) is 5.03. The van der Waals surface area contributed by atoms with Crippen LogP contribution in [0.3, 0.4) is 0 Å². The Balaban J connectivity index is 2.17. The number of nitrogens with zero attached hydrogens (tertiary/aromatic N) is 2. The summed E-state index contributed by atoms with van der Waals surface area (Å²) in [6.45, 7) is 3.51. The number of thiazole rings is 1. The average Bonchev–Trinajstić information content (AvgIpc) is 2.71. The lowest BCUT2D eigenvalue weighted by atomic mass is 10.1. The van der Waals surface area contributed by atoms with Gasteiger partial charge in [0.15, 0.2) is 5.13 Å². The zero-order chi connectivity index (χ0) is 12.4. The molecule has 0 saturated heterocycles. The number of nitrogens with two attached hydrogens (primary N) is 1. The topological polar surface area (TPSA) is 71.2 Å². The van der Waals surface area contributed by atoms with Crippen LogP contribution >= 0.6 is 11.3 Å². The molecule has 1 aromatic rings. The van der Waals surface area contributed by atoms with Crippen molar-refractivity contribution in [2.24, 2.45) is 0 Å². The number of rotatable bonds is 2. The Morgan fingerprint density at radius 3 is 2.94 bits per heavy atom. The first-order valence-corrected chi connectivity index (χ1v) is 6.32. The second-order valence-electron chi connectivity index (χ2n) is 4.04. The molecule has 5 nitrogen and oxygen atoms in total. The van der Waals surface area contributed by atoms with Crippen molar-refractivity contribution in [3.05, 3.63) is 16.5 Å². The van der Waals surface area contributed by atoms with Crippen molar-refractivity contribution in [2.75, 3.05) is 31.2 Å². The van der Waals surface area contributed by atoms with E-state index in [2.05, 4.69) is 23.3 Å². The van der Waals surface area contributed by atoms with Crippen molar-refractivity contribution in [2.45, 2.75) is 13.3 Å². The normalized spacial score (nSPS) is 15.6. The van der Waals surface area contributed by atoms with Crippen molar-refractivity contribution in [3.63, 3.8) is 0 Å². The quantitative estimate of drug-likeness (QED) is 0.784. The van der Waals surface area contributed by atoms with Crippen molar-refractivity contribution in [1.82, 2.24) is 9.88 Å². The lowest BCUT2D eigenvalue weighted by Crippen LogP contribution is -2.34. The number of carbonyl (C=O) groups excluding carboxylic acids is 1. The fraction of sp³-hybridized carbons (Fsp3) is 0.455. The highest BCUT2D eigenvalue weighted by Crippen LogP contribution is 2.26. The van der Waals surface area contributed by atoms with Gasteiger partial charge in [-0.3, -0.25) is 4.79 Å². The van der Waals surface area contributed by atoms with Crippen molar-refractivity contribution >= 4 is 28.2 Å². The fourth-order valence-corrected chi connectivity index (χ4v) is 2.50. The molecule has 0 unspecified atom stereocenters. The number of amides is 1. The van der Waals surface area contributed by atoms with Crippen LogP contribution in [0.4, 0.5) is 10.9 Å². The van der Waals surface area contributed by atoms with Gasteiger partial charge in [0, 0.05) is 20.1 Å². The van der Waals surface area contributed by atoms with Crippen LogP contribution < -0.4 is 11.1 Å². The first-order chi connectivity index (χ1) is 8.11. The van der Waals surface area contributed by atoms with Gasteiger partial charge in [0.2, 0.25) is 0 Å². The van der Waals surface area contributed by atoms with E-state index in [4.69, 9.17) is 5.73 Å². The smallest absolute Gasteiger partial charge is 0.268 e. The molecule has 1 aliphatic rings. The molecule has 1 amide bonds. The monoisotopic (exact) mass is 252 g/mol. The van der Waals surface area contributed by atoms with Crippen LogP contribution in [0.15, 0.2) is 11.6 Å². The predicted octanol–water partition coefficient (Wildman–Crippen LogP) is 1.56. The van der Waals surface area contributed by atoms with Crippen molar-refractivity contribution in [1.29, 1.82) is 0 Å². The number of nitrogens with one attached hydrogen (secondary N) is 1. The standard InChI is InChI=1S/C11H16N4OS/c1-7-3-5-15(6-4-7)10(16)8-9(12)14-11(13-2)17-8/h3H,4-6,12H2,1-2H3,(H,13,14). The van der Waals surface area contributed by atoms with E-state index in [1.807, 2.05) is 0 Å². The fourth-order valence-electron chi connectivity index (χ4n) is 1.69. The van der Waals surface area contributed by atoms with E-state index in [0.717, 1.165) is 13.0 Å². The molecule has 0 aliphatic carbocycles. The highest BCUT2D eigenvalue weighted by molar-refractivity contribution is 7.18. The molecule has 0 atom stereocenters. The molecule has 3 N–H and O–H groups in total. The van der Waals surface area contributed by atoms with E-state index in [1.165, 1.54) is 16.9 Å². The minimum absolute atomic E-state index is 0.0229. The van der Waals surface area contributed by atoms with Crippen LogP contribution in [-0.4, -0.2) is 35.9 Å². The third-order valence-corrected chi connectivity index (χ3v) is 3.86. The zero-order valence-electron chi connectivity index (χ0n) is 9.99. The van der Waals surface area contributed by atoms with Crippen LogP contribution in [0.5, 0.6) is 0 Å². The van der Waals surface area contributed by atoms with Crippen LogP contribution in [0.2, 0.25) is 0 Å². The molecule has 0 radical (unpaired) electrons. The summed E-state index contributed by atoms with van der Waals surface area (Å²) in [7, 11) is 1.76. The first kappa shape index (κ1) is 11.9. The summed E-state index contributed by atoms with van der Waals surface area (Å²) < 4.78 is 0. The Labute approximate surface area is 104 Å². The summed E-state index contributed by atoms with van der Waals surface area (Å²) in [6.07, 6.45) is 3.01. The summed E-state index contributed by atoms with van der Waals surface area (Å²) in [4.78, 5) is 18.6. The Hall–Kier alpha value is -1.56. The van der Waals surface area contributed by atoms with Crippen LogP contribution in [0.1, 0.15) is 23.0 Å². The first-order valence-electron chi connectivity index (χ1n) is 5.50. The summed E-state index contributed by atoms with van der Waals surface area (Å²) in [6, 6.07) is 0. The molecule has 1 aromatic heterocycles. The molecular weight excluding hydrogens is 236 g/mol. The summed E-state index contributed by atoms with van der Waals surface area (Å²) in [5.74, 6) is 0.292. The van der Waals surface area contributed by atoms with E-state index < -0.39 is 0 Å². The SMILES string of the molecule is CNc1nc(N)c(C(=O)N2CC=C(C)CC2)s1. The van der Waals surface area contributed by atoms with Crippen molar-refractivity contribution in [3.8, 4) is 0 Å². The highest BCUT2D eigenvalue weighted by atomic mass is 32.1. The van der Waals surface area contributed by atoms with Gasteiger partial charge in [-0.1, -0.05) is 23.0 Å². The van der Waals surface area contributed by atoms with Crippen LogP contribution in [0.25, 0.3) is 0 Å². The van der Waals surface area contributed by atoms with Crippen LogP contribution in [-0.2, 0) is 0 Å². The third-order valence-electron chi connectivity index (χ3n) is 2.78. The third kappa shape index (κ3) is 2.41. The highest BCUT2D eigenvalue weighted by Gasteiger charge is 2.22. The van der Waals surface area contributed by atoms with Crippen molar-refractivity contribution < 1.29 is 4.79 Å². The molecule has 0 bridgehead atoms. The number of aromatic nitrogens is 1. The molecule has 17 heavy (non-hydrogen) atoms. The minimum Gasteiger partial charge on any atom is -0.382 e. The largest absolute Gasteiger partial charge is 0.382 e. The predicted molar refractivity (Wildman–Crippen MR) is 70.4 cm³/mol. The van der Waals surface area contributed by atoms with E-state index in [0.29, 0.717) is 22.4 Å². The molecule has 2 heterocycles. The Morgan fingerprint density at radius 1 is 1.65 bits per heavy atom. The number of nitrogen functional groups attached to an aromatic ring is 1. The molecule has 0 saturated carbocycles. The molecule has 6 heteroatoms. The number of anilines is 2. The molecule has 1 aliphatic heterocycles. The van der Waals surface area contributed by atoms with E-state index in [9.17, 15) is 4.79 Å². The van der Waals surface area contributed by atoms with Gasteiger partial charge in [-0.05, 0) is 13.3 Å². The van der Waals surface area contributed by atoms with Gasteiger partial charge in [0.1, 0.15) is 10.7 Å². The number of carbonyl (C=O) groups is 1. The maximum atomic E-state index is 12.2. The van der Waals surface area contributed by atoms with Gasteiger partial charge in [-0.25, -0.2) is 4.98 Å². The number of hydrogen-bond acceptors (Lipinski definition) is 5. The van der Waals surface area contributed by atoms with Crippen LogP contribution in [0, 0.1) is 0 Å². The zero-order valence-corrected chi connectivity index (χ0v) is 10.8. The Bertz CT molecular complexity index is 466. The van der Waals surface area contributed by atoms with Gasteiger partial charge in [-0.2, -0.15) is 0 Å². The van der Waals surface area contributed by atoms with Gasteiger partial charge in [-0.15, -0.1) is 0 Å². The molecular formula is C11H16N4OS. The van der Waals surface area contributed by atoms with Gasteiger partial charge >= 0.3 is 0 Å². The Kier molecular flexibility index (Phi) is 3.33. The minimum atomic E-state index is -0.0229. The van der Waals surface area contributed by atoms with Gasteiger partial charge in [0.05, 0.1) is 0 Å². The molecule has 0 spiro atoms. The number of hydrogen-bond donors (Lipinski definition) is 2. The molecule has 2 rings (SSSR count). The molecule has 0 fully saturated rings. The average molecular weight is 252 g/mol. The molecule has 0 aromatic carbocycles. The van der Waals surface area contributed by atoms with E-state index in [-0.39, 0.29) is 5.91 Å². The lowest BCUT2D eigenvalue weighted by Gasteiger charge is -2.24. The summed E-state index contributed by atoms with van der Waals surface area (Å²) in [5.41, 5.74) is 7.08. The van der Waals surface area contributed by atoms with Gasteiger partial charge in [0.25, 0.3) is 5.91 Å². The maximum absolute atomic E-state index is 12.2. The summed E-state index contributed by atoms with van der Waals surface area (Å²) >= 11 is 1.30. The molecule has 92 valence electrons. The Morgan fingerprint density at radius 2 is 2.41 bits per heavy atom. The van der Waals surface area contributed by atoms with E-state index >= 15 is 0 Å². The second kappa shape index (κ2) is 4.75.